The maximum absolute atomic E-state index is 11.4. The van der Waals surface area contributed by atoms with Gasteiger partial charge in [-0.15, -0.1) is 0 Å². The maximum Gasteiger partial charge on any atom is 0.325 e. The summed E-state index contributed by atoms with van der Waals surface area (Å²) in [5.41, 5.74) is 1.73. The highest BCUT2D eigenvalue weighted by Gasteiger charge is 2.06. The topological polar surface area (TPSA) is 79.5 Å². The molecule has 1 aromatic rings. The van der Waals surface area contributed by atoms with Gasteiger partial charge in [-0.3, -0.25) is 9.59 Å². The molecule has 0 saturated heterocycles. The Labute approximate surface area is 133 Å². The van der Waals surface area contributed by atoms with Gasteiger partial charge in [0.1, 0.15) is 6.54 Å². The van der Waals surface area contributed by atoms with E-state index in [1.807, 2.05) is 6.92 Å². The van der Waals surface area contributed by atoms with Crippen LogP contribution in [0.25, 0.3) is 0 Å². The first-order valence-electron chi connectivity index (χ1n) is 6.07. The molecule has 114 valence electrons. The molecule has 1 rings (SSSR count). The third-order valence-corrected chi connectivity index (χ3v) is 2.99. The van der Waals surface area contributed by atoms with Gasteiger partial charge in [-0.2, -0.15) is 0 Å². The number of aryl methyl sites for hydroxylation is 1. The Morgan fingerprint density at radius 1 is 1.29 bits per heavy atom. The van der Waals surface area contributed by atoms with E-state index < -0.39 is 5.97 Å². The first-order valence-corrected chi connectivity index (χ1v) is 6.85. The number of ether oxygens (including phenoxy) is 1. The number of carbonyl (C=O) groups is 2. The zero-order valence-electron chi connectivity index (χ0n) is 11.7. The zero-order valence-corrected chi connectivity index (χ0v) is 13.2. The van der Waals surface area contributed by atoms with E-state index in [0.717, 1.165) is 11.3 Å². The molecule has 0 unspecified atom stereocenters. The van der Waals surface area contributed by atoms with Gasteiger partial charge in [0, 0.05) is 10.7 Å². The highest BCUT2D eigenvalue weighted by Crippen LogP contribution is 2.19. The van der Waals surface area contributed by atoms with Crippen LogP contribution in [0, 0.1) is 6.92 Å². The molecule has 1 aromatic carbocycles. The molecule has 0 heterocycles. The van der Waals surface area contributed by atoms with Crippen molar-refractivity contribution in [2.45, 2.75) is 6.92 Å². The molecule has 1 amide bonds. The summed E-state index contributed by atoms with van der Waals surface area (Å²) >= 11 is 10.9. The Morgan fingerprint density at radius 2 is 2.00 bits per heavy atom. The summed E-state index contributed by atoms with van der Waals surface area (Å²) in [6, 6.07) is 5.33. The van der Waals surface area contributed by atoms with E-state index in [-0.39, 0.29) is 19.0 Å². The van der Waals surface area contributed by atoms with Gasteiger partial charge in [0.25, 0.3) is 0 Å². The minimum Gasteiger partial charge on any atom is -0.468 e. The van der Waals surface area contributed by atoms with E-state index in [9.17, 15) is 9.59 Å². The Hall–Kier alpha value is -1.86. The molecule has 0 aliphatic heterocycles. The van der Waals surface area contributed by atoms with E-state index in [1.54, 1.807) is 18.2 Å². The predicted molar refractivity (Wildman–Crippen MR) is 85.4 cm³/mol. The van der Waals surface area contributed by atoms with Crippen molar-refractivity contribution in [2.75, 3.05) is 25.5 Å². The first kappa shape index (κ1) is 17.2. The minimum atomic E-state index is -0.513. The number of carbonyl (C=O) groups excluding carboxylic acids is 2. The van der Waals surface area contributed by atoms with Gasteiger partial charge in [-0.25, -0.2) is 0 Å². The van der Waals surface area contributed by atoms with Crippen LogP contribution < -0.4 is 16.0 Å². The van der Waals surface area contributed by atoms with E-state index in [2.05, 4.69) is 20.7 Å². The van der Waals surface area contributed by atoms with Crippen LogP contribution in [0.2, 0.25) is 5.02 Å². The summed E-state index contributed by atoms with van der Waals surface area (Å²) in [6.45, 7) is 1.67. The molecule has 0 atom stereocenters. The van der Waals surface area contributed by atoms with E-state index in [1.165, 1.54) is 7.11 Å². The Morgan fingerprint density at radius 3 is 2.62 bits per heavy atom. The van der Waals surface area contributed by atoms with Gasteiger partial charge < -0.3 is 20.7 Å². The number of nitrogens with one attached hydrogen (secondary N) is 3. The number of methoxy groups -OCH3 is 1. The van der Waals surface area contributed by atoms with Crippen LogP contribution in [0.15, 0.2) is 18.2 Å². The number of hydrogen-bond acceptors (Lipinski definition) is 4. The van der Waals surface area contributed by atoms with Gasteiger partial charge in [-0.1, -0.05) is 11.6 Å². The molecule has 0 radical (unpaired) electrons. The average Bonchev–Trinajstić information content (AvgIpc) is 2.45. The number of halogens is 1. The van der Waals surface area contributed by atoms with Gasteiger partial charge in [0.2, 0.25) is 5.91 Å². The predicted octanol–water partition coefficient (Wildman–Crippen LogP) is 1.22. The summed E-state index contributed by atoms with van der Waals surface area (Å²) in [5.74, 6) is -0.877. The molecule has 0 saturated carbocycles. The number of rotatable bonds is 5. The third kappa shape index (κ3) is 6.42. The molecule has 6 nitrogen and oxygen atoms in total. The van der Waals surface area contributed by atoms with Crippen LogP contribution in [0.4, 0.5) is 5.69 Å². The monoisotopic (exact) mass is 329 g/mol. The molecule has 21 heavy (non-hydrogen) atoms. The van der Waals surface area contributed by atoms with Gasteiger partial charge in [-0.05, 0) is 42.9 Å². The van der Waals surface area contributed by atoms with Crippen molar-refractivity contribution >= 4 is 46.5 Å². The fourth-order valence-corrected chi connectivity index (χ4v) is 1.81. The summed E-state index contributed by atoms with van der Waals surface area (Å²) < 4.78 is 4.41. The lowest BCUT2D eigenvalue weighted by Crippen LogP contribution is -2.40. The molecule has 0 aliphatic carbocycles. The standard InChI is InChI=1S/C13H16ClN3O3S/c1-8-5-9(14)3-4-10(8)17-13(21)16-6-11(18)15-7-12(19)20-2/h3-5H,6-7H2,1-2H3,(H,15,18)(H2,16,17,21). The van der Waals surface area contributed by atoms with Crippen molar-refractivity contribution in [3.8, 4) is 0 Å². The van der Waals surface area contributed by atoms with E-state index >= 15 is 0 Å². The van der Waals surface area contributed by atoms with Crippen LogP contribution in [0.5, 0.6) is 0 Å². The first-order chi connectivity index (χ1) is 9.92. The molecule has 0 aromatic heterocycles. The van der Waals surface area contributed by atoms with Crippen molar-refractivity contribution in [1.29, 1.82) is 0 Å². The SMILES string of the molecule is COC(=O)CNC(=O)CNC(=S)Nc1ccc(Cl)cc1C. The molecular weight excluding hydrogens is 314 g/mol. The van der Waals surface area contributed by atoms with Gasteiger partial charge in [0.05, 0.1) is 13.7 Å². The molecule has 0 fully saturated rings. The largest absolute Gasteiger partial charge is 0.468 e. The Balaban J connectivity index is 2.37. The number of anilines is 1. The van der Waals surface area contributed by atoms with Gasteiger partial charge >= 0.3 is 5.97 Å². The Kier molecular flexibility index (Phi) is 6.90. The zero-order chi connectivity index (χ0) is 15.8. The van der Waals surface area contributed by atoms with Gasteiger partial charge in [0.15, 0.2) is 5.11 Å². The lowest BCUT2D eigenvalue weighted by Gasteiger charge is -2.12. The lowest BCUT2D eigenvalue weighted by molar-refractivity contribution is -0.141. The van der Waals surface area contributed by atoms with Crippen LogP contribution in [0.1, 0.15) is 5.56 Å². The normalized spacial score (nSPS) is 9.67. The van der Waals surface area contributed by atoms with E-state index in [4.69, 9.17) is 23.8 Å². The smallest absolute Gasteiger partial charge is 0.325 e. The van der Waals surface area contributed by atoms with Crippen LogP contribution in [-0.4, -0.2) is 37.2 Å². The molecule has 8 heteroatoms. The lowest BCUT2D eigenvalue weighted by atomic mass is 10.2. The number of thiocarbonyl (C=S) groups is 1. The summed E-state index contributed by atoms with van der Waals surface area (Å²) in [7, 11) is 1.25. The van der Waals surface area contributed by atoms with E-state index in [0.29, 0.717) is 10.1 Å². The second-order valence-corrected chi connectivity index (χ2v) is 4.96. The third-order valence-electron chi connectivity index (χ3n) is 2.50. The molecule has 3 N–H and O–H groups in total. The maximum atomic E-state index is 11.4. The minimum absolute atomic E-state index is 0.0462. The van der Waals surface area contributed by atoms with Crippen molar-refractivity contribution in [3.05, 3.63) is 28.8 Å². The van der Waals surface area contributed by atoms with Crippen molar-refractivity contribution in [2.24, 2.45) is 0 Å². The quantitative estimate of drug-likeness (QED) is 0.557. The fourth-order valence-electron chi connectivity index (χ4n) is 1.40. The van der Waals surface area contributed by atoms with Crippen molar-refractivity contribution in [3.63, 3.8) is 0 Å². The van der Waals surface area contributed by atoms with Crippen LogP contribution in [0.3, 0.4) is 0 Å². The fraction of sp³-hybridized carbons (Fsp3) is 0.308. The highest BCUT2D eigenvalue weighted by molar-refractivity contribution is 7.80. The second-order valence-electron chi connectivity index (χ2n) is 4.12. The molecule has 0 bridgehead atoms. The number of esters is 1. The molecule has 0 spiro atoms. The number of hydrogen-bond donors (Lipinski definition) is 3. The van der Waals surface area contributed by atoms with Crippen molar-refractivity contribution < 1.29 is 14.3 Å². The molecule has 0 aliphatic rings. The number of amides is 1. The van der Waals surface area contributed by atoms with Crippen LogP contribution in [-0.2, 0) is 14.3 Å². The molecular formula is C13H16ClN3O3S. The van der Waals surface area contributed by atoms with Crippen LogP contribution >= 0.6 is 23.8 Å². The summed E-state index contributed by atoms with van der Waals surface area (Å²) in [6.07, 6.45) is 0. The average molecular weight is 330 g/mol. The number of benzene rings is 1. The summed E-state index contributed by atoms with van der Waals surface area (Å²) in [4.78, 5) is 22.3. The van der Waals surface area contributed by atoms with Crippen molar-refractivity contribution in [1.82, 2.24) is 10.6 Å². The highest BCUT2D eigenvalue weighted by atomic mass is 35.5. The second kappa shape index (κ2) is 8.43. The summed E-state index contributed by atoms with van der Waals surface area (Å²) in [5, 5.41) is 9.02. The Bertz CT molecular complexity index is 551.